The van der Waals surface area contributed by atoms with Crippen molar-refractivity contribution in [2.75, 3.05) is 19.0 Å². The number of anilines is 1. The van der Waals surface area contributed by atoms with E-state index in [0.717, 1.165) is 22.5 Å². The Morgan fingerprint density at radius 3 is 2.40 bits per heavy atom. The number of aromatic carboxylic acids is 1. The van der Waals surface area contributed by atoms with Gasteiger partial charge in [0.2, 0.25) is 0 Å². The van der Waals surface area contributed by atoms with Crippen LogP contribution in [0.15, 0.2) is 71.5 Å². The third-order valence-corrected chi connectivity index (χ3v) is 5.27. The minimum absolute atomic E-state index is 0.187. The Hall–Kier alpha value is -3.51. The van der Waals surface area contributed by atoms with Gasteiger partial charge in [0, 0.05) is 24.8 Å². The van der Waals surface area contributed by atoms with Crippen LogP contribution in [0.2, 0.25) is 5.02 Å². The number of hydrogen-bond donors (Lipinski definition) is 1. The molecule has 1 heterocycles. The molecule has 1 N–H and O–H groups in total. The summed E-state index contributed by atoms with van der Waals surface area (Å²) in [4.78, 5) is 26.7. The van der Waals surface area contributed by atoms with Crippen molar-refractivity contribution in [1.82, 2.24) is 9.13 Å². The van der Waals surface area contributed by atoms with Crippen molar-refractivity contribution < 1.29 is 9.90 Å². The smallest absolute Gasteiger partial charge is 0.335 e. The van der Waals surface area contributed by atoms with E-state index in [9.17, 15) is 14.7 Å². The van der Waals surface area contributed by atoms with E-state index in [1.807, 2.05) is 55.4 Å². The van der Waals surface area contributed by atoms with Gasteiger partial charge in [-0.2, -0.15) is 0 Å². The molecule has 0 fully saturated rings. The number of carboxylic acids is 1. The van der Waals surface area contributed by atoms with E-state index in [2.05, 4.69) is 0 Å². The van der Waals surface area contributed by atoms with E-state index in [-0.39, 0.29) is 17.8 Å². The highest BCUT2D eigenvalue weighted by Crippen LogP contribution is 2.24. The van der Waals surface area contributed by atoms with Gasteiger partial charge in [-0.15, -0.1) is 0 Å². The van der Waals surface area contributed by atoms with Crippen molar-refractivity contribution in [3.8, 4) is 5.69 Å². The molecule has 4 rings (SSSR count). The monoisotopic (exact) mass is 421 g/mol. The van der Waals surface area contributed by atoms with Gasteiger partial charge >= 0.3 is 11.7 Å². The Balaban J connectivity index is 1.87. The quantitative estimate of drug-likeness (QED) is 0.523. The van der Waals surface area contributed by atoms with Gasteiger partial charge in [0.15, 0.2) is 0 Å². The fraction of sp³-hybridized carbons (Fsp3) is 0.130. The molecular formula is C23H20ClN3O3. The number of aromatic nitrogens is 2. The molecule has 0 aliphatic rings. The van der Waals surface area contributed by atoms with E-state index >= 15 is 0 Å². The number of carbonyl (C=O) groups is 1. The molecule has 7 heteroatoms. The number of fused-ring (bicyclic) bond motifs is 1. The van der Waals surface area contributed by atoms with Gasteiger partial charge in [-0.25, -0.2) is 9.59 Å². The zero-order chi connectivity index (χ0) is 21.4. The lowest BCUT2D eigenvalue weighted by Crippen LogP contribution is -2.24. The standard InChI is InChI=1S/C23H20ClN3O3/c1-25(2)18-7-9-19(10-8-18)27-21-13-17(24)6-11-20(21)26(23(27)30)14-15-4-3-5-16(12-15)22(28)29/h3-13H,14H2,1-2H3,(H,28,29). The number of rotatable bonds is 5. The predicted octanol–water partition coefficient (Wildman–Crippen LogP) is 4.26. The molecule has 4 aromatic rings. The summed E-state index contributed by atoms with van der Waals surface area (Å²) in [5.41, 5.74) is 3.88. The maximum atomic E-state index is 13.4. The SMILES string of the molecule is CN(C)c1ccc(-n2c(=O)n(Cc3cccc(C(=O)O)c3)c3ccc(Cl)cc32)cc1. The first-order valence-corrected chi connectivity index (χ1v) is 9.74. The minimum Gasteiger partial charge on any atom is -0.478 e. The molecule has 1 aromatic heterocycles. The van der Waals surface area contributed by atoms with Gasteiger partial charge in [0.05, 0.1) is 28.8 Å². The van der Waals surface area contributed by atoms with Crippen LogP contribution in [0.4, 0.5) is 5.69 Å². The van der Waals surface area contributed by atoms with Crippen LogP contribution in [0.5, 0.6) is 0 Å². The van der Waals surface area contributed by atoms with Gasteiger partial charge in [-0.1, -0.05) is 23.7 Å². The van der Waals surface area contributed by atoms with Crippen LogP contribution in [0.3, 0.4) is 0 Å². The number of benzene rings is 3. The van der Waals surface area contributed by atoms with Crippen LogP contribution in [-0.2, 0) is 6.54 Å². The van der Waals surface area contributed by atoms with Gasteiger partial charge < -0.3 is 10.0 Å². The maximum absolute atomic E-state index is 13.4. The first-order chi connectivity index (χ1) is 14.3. The fourth-order valence-corrected chi connectivity index (χ4v) is 3.68. The summed E-state index contributed by atoms with van der Waals surface area (Å²) >= 11 is 6.23. The van der Waals surface area contributed by atoms with Crippen LogP contribution < -0.4 is 10.6 Å². The van der Waals surface area contributed by atoms with Crippen molar-refractivity contribution in [2.45, 2.75) is 6.54 Å². The fourth-order valence-electron chi connectivity index (χ4n) is 3.52. The minimum atomic E-state index is -1.00. The van der Waals surface area contributed by atoms with Crippen LogP contribution in [0.25, 0.3) is 16.7 Å². The normalized spacial score (nSPS) is 11.0. The first-order valence-electron chi connectivity index (χ1n) is 9.36. The van der Waals surface area contributed by atoms with Gasteiger partial charge in [-0.05, 0) is 60.2 Å². The lowest BCUT2D eigenvalue weighted by atomic mass is 10.1. The summed E-state index contributed by atoms with van der Waals surface area (Å²) in [5, 5.41) is 9.79. The summed E-state index contributed by atoms with van der Waals surface area (Å²) in [5.74, 6) is -1.00. The largest absolute Gasteiger partial charge is 0.478 e. The van der Waals surface area contributed by atoms with E-state index < -0.39 is 5.97 Å². The van der Waals surface area contributed by atoms with Crippen LogP contribution in [0, 0.1) is 0 Å². The Kier molecular flexibility index (Phi) is 5.10. The number of hydrogen-bond acceptors (Lipinski definition) is 3. The topological polar surface area (TPSA) is 67.5 Å². The summed E-state index contributed by atoms with van der Waals surface area (Å²) in [6.07, 6.45) is 0. The summed E-state index contributed by atoms with van der Waals surface area (Å²) in [6, 6.07) is 19.6. The first kappa shape index (κ1) is 19.8. The van der Waals surface area contributed by atoms with E-state index in [1.54, 1.807) is 33.4 Å². The van der Waals surface area contributed by atoms with Gasteiger partial charge in [0.25, 0.3) is 0 Å². The second-order valence-corrected chi connectivity index (χ2v) is 7.69. The van der Waals surface area contributed by atoms with E-state index in [1.165, 1.54) is 6.07 Å². The van der Waals surface area contributed by atoms with Crippen LogP contribution in [0.1, 0.15) is 15.9 Å². The molecule has 3 aromatic carbocycles. The lowest BCUT2D eigenvalue weighted by molar-refractivity contribution is 0.0696. The van der Waals surface area contributed by atoms with Crippen molar-refractivity contribution in [2.24, 2.45) is 0 Å². The third kappa shape index (κ3) is 3.57. The molecule has 30 heavy (non-hydrogen) atoms. The number of nitrogens with zero attached hydrogens (tertiary/aromatic N) is 3. The zero-order valence-corrected chi connectivity index (χ0v) is 17.3. The molecule has 0 saturated heterocycles. The van der Waals surface area contributed by atoms with E-state index in [4.69, 9.17) is 11.6 Å². The maximum Gasteiger partial charge on any atom is 0.335 e. The lowest BCUT2D eigenvalue weighted by Gasteiger charge is -2.13. The molecule has 0 unspecified atom stereocenters. The number of imidazole rings is 1. The molecule has 0 amide bonds. The third-order valence-electron chi connectivity index (χ3n) is 5.03. The second kappa shape index (κ2) is 7.72. The molecule has 0 aliphatic heterocycles. The van der Waals surface area contributed by atoms with E-state index in [0.29, 0.717) is 10.5 Å². The summed E-state index contributed by atoms with van der Waals surface area (Å²) < 4.78 is 3.26. The molecule has 0 bridgehead atoms. The predicted molar refractivity (Wildman–Crippen MR) is 119 cm³/mol. The van der Waals surface area contributed by atoms with Gasteiger partial charge in [0.1, 0.15) is 0 Å². The van der Waals surface area contributed by atoms with Crippen LogP contribution >= 0.6 is 11.6 Å². The Bertz CT molecular complexity index is 1300. The van der Waals surface area contributed by atoms with Gasteiger partial charge in [-0.3, -0.25) is 9.13 Å². The Morgan fingerprint density at radius 1 is 1.00 bits per heavy atom. The molecular weight excluding hydrogens is 402 g/mol. The average molecular weight is 422 g/mol. The van der Waals surface area contributed by atoms with Crippen molar-refractivity contribution in [3.63, 3.8) is 0 Å². The number of halogens is 1. The molecule has 6 nitrogen and oxygen atoms in total. The second-order valence-electron chi connectivity index (χ2n) is 7.25. The Labute approximate surface area is 178 Å². The molecule has 0 atom stereocenters. The van der Waals surface area contributed by atoms with Crippen LogP contribution in [-0.4, -0.2) is 34.3 Å². The highest BCUT2D eigenvalue weighted by molar-refractivity contribution is 6.31. The van der Waals surface area contributed by atoms with Crippen molar-refractivity contribution >= 4 is 34.3 Å². The average Bonchev–Trinajstić information content (AvgIpc) is 2.99. The molecule has 0 aliphatic carbocycles. The highest BCUT2D eigenvalue weighted by atomic mass is 35.5. The van der Waals surface area contributed by atoms with Crippen molar-refractivity contribution in [1.29, 1.82) is 0 Å². The molecule has 0 radical (unpaired) electrons. The Morgan fingerprint density at radius 2 is 1.73 bits per heavy atom. The molecule has 152 valence electrons. The van der Waals surface area contributed by atoms with Crippen molar-refractivity contribution in [3.05, 3.63) is 93.4 Å². The zero-order valence-electron chi connectivity index (χ0n) is 16.5. The highest BCUT2D eigenvalue weighted by Gasteiger charge is 2.16. The molecule has 0 saturated carbocycles. The summed E-state index contributed by atoms with van der Waals surface area (Å²) in [7, 11) is 3.91. The number of carboxylic acid groups (broad SMARTS) is 1. The summed E-state index contributed by atoms with van der Waals surface area (Å²) in [6.45, 7) is 0.251. The molecule has 0 spiro atoms.